The third kappa shape index (κ3) is 3.14. The van der Waals surface area contributed by atoms with Gasteiger partial charge in [0, 0.05) is 34.0 Å². The highest BCUT2D eigenvalue weighted by molar-refractivity contribution is 6.13. The molecule has 0 spiro atoms. The molecule has 0 saturated heterocycles. The summed E-state index contributed by atoms with van der Waals surface area (Å²) in [7, 11) is 1.99. The highest BCUT2D eigenvalue weighted by atomic mass is 16.3. The molecule has 0 unspecified atom stereocenters. The summed E-state index contributed by atoms with van der Waals surface area (Å²) in [5.41, 5.74) is 5.69. The average Bonchev–Trinajstić information content (AvgIpc) is 3.30. The first-order chi connectivity index (χ1) is 17.9. The highest BCUT2D eigenvalue weighted by Crippen LogP contribution is 2.43. The lowest BCUT2D eigenvalue weighted by molar-refractivity contribution is -0.660. The van der Waals surface area contributed by atoms with Gasteiger partial charge >= 0.3 is 0 Å². The van der Waals surface area contributed by atoms with Crippen LogP contribution in [0.3, 0.4) is 0 Å². The van der Waals surface area contributed by atoms with Crippen molar-refractivity contribution in [3.63, 3.8) is 0 Å². The molecule has 3 nitrogen and oxygen atoms in total. The average molecular weight is 448 g/mol. The molecule has 2 heterocycles. The third-order valence-electron chi connectivity index (χ3n) is 6.61. The monoisotopic (exact) mass is 447 g/mol. The maximum atomic E-state index is 9.87. The number of benzene rings is 3. The van der Waals surface area contributed by atoms with Crippen LogP contribution >= 0.6 is 0 Å². The van der Waals surface area contributed by atoms with Gasteiger partial charge in [-0.2, -0.15) is 5.26 Å². The Kier molecular flexibility index (Phi) is 3.58. The minimum Gasteiger partial charge on any atom is -0.454 e. The van der Waals surface area contributed by atoms with Crippen LogP contribution in [-0.4, -0.2) is 0 Å². The molecule has 1 aliphatic carbocycles. The smallest absolute Gasteiger partial charge is 0.216 e. The van der Waals surface area contributed by atoms with Crippen molar-refractivity contribution in [2.45, 2.75) is 33.5 Å². The molecule has 0 aliphatic heterocycles. The lowest BCUT2D eigenvalue weighted by atomic mass is 9.90. The number of hydrogen-bond acceptors (Lipinski definition) is 2. The van der Waals surface area contributed by atoms with E-state index < -0.39 is 18.2 Å². The molecule has 166 valence electrons. The van der Waals surface area contributed by atoms with E-state index in [9.17, 15) is 5.26 Å². The van der Waals surface area contributed by atoms with Gasteiger partial charge in [0.15, 0.2) is 6.20 Å². The van der Waals surface area contributed by atoms with E-state index in [1.54, 1.807) is 38.1 Å². The van der Waals surface area contributed by atoms with Crippen LogP contribution in [0.5, 0.6) is 0 Å². The maximum absolute atomic E-state index is 9.87. The Bertz CT molecular complexity index is 1840. The fourth-order valence-corrected chi connectivity index (χ4v) is 5.05. The summed E-state index contributed by atoms with van der Waals surface area (Å²) < 4.78 is 43.7. The summed E-state index contributed by atoms with van der Waals surface area (Å²) in [5.74, 6) is 0. The van der Waals surface area contributed by atoms with Crippen molar-refractivity contribution in [2.24, 2.45) is 12.5 Å². The highest BCUT2D eigenvalue weighted by Gasteiger charge is 2.29. The minimum atomic E-state index is -1.88. The normalized spacial score (nSPS) is 19.1. The summed E-state index contributed by atoms with van der Waals surface area (Å²) in [4.78, 5) is 0. The Labute approximate surface area is 205 Å². The molecular weight excluding hydrogens is 416 g/mol. The largest absolute Gasteiger partial charge is 0.454 e. The molecule has 3 aromatic carbocycles. The zero-order valence-electron chi connectivity index (χ0n) is 23.7. The van der Waals surface area contributed by atoms with Crippen LogP contribution in [0.1, 0.15) is 41.6 Å². The van der Waals surface area contributed by atoms with Gasteiger partial charge in [-0.1, -0.05) is 44.2 Å². The van der Waals surface area contributed by atoms with Crippen molar-refractivity contribution in [2.75, 3.05) is 0 Å². The van der Waals surface area contributed by atoms with E-state index in [1.165, 1.54) is 0 Å². The maximum Gasteiger partial charge on any atom is 0.216 e. The Morgan fingerprint density at radius 1 is 0.971 bits per heavy atom. The molecule has 0 saturated carbocycles. The molecule has 3 heteroatoms. The summed E-state index contributed by atoms with van der Waals surface area (Å²) in [6.07, 6.45) is -1.71. The second-order valence-corrected chi connectivity index (χ2v) is 9.58. The van der Waals surface area contributed by atoms with E-state index in [1.807, 2.05) is 37.5 Å². The second kappa shape index (κ2) is 7.30. The SMILES string of the molecule is [2H]C1([2H])c2ccc(-c3cc(C#N)cc4c3oc3c(-c5cccc[n+]5C)c(C)ccc34)cc2C([2H])([2H])C1(C)C. The Morgan fingerprint density at radius 2 is 1.79 bits per heavy atom. The Morgan fingerprint density at radius 3 is 2.59 bits per heavy atom. The number of aromatic nitrogens is 1. The fraction of sp³-hybridized carbons (Fsp3) is 0.226. The quantitative estimate of drug-likeness (QED) is 0.272. The lowest BCUT2D eigenvalue weighted by Gasteiger charge is -2.14. The number of rotatable bonds is 2. The fourth-order valence-electron chi connectivity index (χ4n) is 5.05. The van der Waals surface area contributed by atoms with Gasteiger partial charge in [-0.15, -0.1) is 0 Å². The van der Waals surface area contributed by atoms with Crippen LogP contribution in [0.4, 0.5) is 0 Å². The van der Waals surface area contributed by atoms with E-state index in [-0.39, 0.29) is 0 Å². The molecule has 0 radical (unpaired) electrons. The molecule has 0 N–H and O–H groups in total. The van der Waals surface area contributed by atoms with Crippen molar-refractivity contribution in [1.82, 2.24) is 0 Å². The van der Waals surface area contributed by atoms with Crippen LogP contribution in [0.15, 0.2) is 71.3 Å². The number of aryl methyl sites for hydroxylation is 2. The van der Waals surface area contributed by atoms with Crippen molar-refractivity contribution >= 4 is 21.9 Å². The number of furan rings is 1. The van der Waals surface area contributed by atoms with E-state index in [2.05, 4.69) is 29.7 Å². The summed E-state index contributed by atoms with van der Waals surface area (Å²) in [5, 5.41) is 11.6. The number of nitrogens with zero attached hydrogens (tertiary/aromatic N) is 2. The Balaban J connectivity index is 1.67. The molecule has 0 fully saturated rings. The molecule has 0 amide bonds. The van der Waals surface area contributed by atoms with Gasteiger partial charge in [-0.25, -0.2) is 4.57 Å². The summed E-state index contributed by atoms with van der Waals surface area (Å²) >= 11 is 0. The van der Waals surface area contributed by atoms with Crippen LogP contribution in [0.2, 0.25) is 0 Å². The van der Waals surface area contributed by atoms with Crippen molar-refractivity contribution in [1.29, 1.82) is 5.26 Å². The standard InChI is InChI=1S/C31H27N2O/c1-19-8-11-24-26-14-20(18-32)13-25(21-9-10-22-16-31(2,3)17-23(22)15-21)29(26)34-30(24)28(19)27-7-5-6-12-33(27)4/h5-15H,16-17H2,1-4H3/q+1/i16D2,17D2. The summed E-state index contributed by atoms with van der Waals surface area (Å²) in [6.45, 7) is 5.32. The van der Waals surface area contributed by atoms with Crippen molar-refractivity contribution in [3.05, 3.63) is 89.1 Å². The van der Waals surface area contributed by atoms with Gasteiger partial charge in [-0.05, 0) is 65.5 Å². The number of pyridine rings is 1. The minimum absolute atomic E-state index is 0.337. The van der Waals surface area contributed by atoms with Gasteiger partial charge < -0.3 is 4.42 Å². The zero-order valence-corrected chi connectivity index (χ0v) is 19.7. The van der Waals surface area contributed by atoms with Crippen LogP contribution < -0.4 is 4.57 Å². The van der Waals surface area contributed by atoms with Gasteiger partial charge in [0.2, 0.25) is 5.69 Å². The predicted octanol–water partition coefficient (Wildman–Crippen LogP) is 7.05. The van der Waals surface area contributed by atoms with Gasteiger partial charge in [-0.3, -0.25) is 0 Å². The molecular formula is C31H27N2O+. The lowest BCUT2D eigenvalue weighted by Crippen LogP contribution is -2.30. The van der Waals surface area contributed by atoms with Crippen LogP contribution in [0.25, 0.3) is 44.3 Å². The van der Waals surface area contributed by atoms with Crippen LogP contribution in [0, 0.1) is 23.7 Å². The van der Waals surface area contributed by atoms with E-state index >= 15 is 0 Å². The third-order valence-corrected chi connectivity index (χ3v) is 6.61. The zero-order chi connectivity index (χ0) is 27.2. The van der Waals surface area contributed by atoms with Gasteiger partial charge in [0.1, 0.15) is 18.2 Å². The second-order valence-electron chi connectivity index (χ2n) is 9.58. The number of hydrogen-bond donors (Lipinski definition) is 0. The molecule has 1 aliphatic rings. The molecule has 5 aromatic rings. The topological polar surface area (TPSA) is 40.8 Å². The molecule has 0 atom stereocenters. The number of fused-ring (bicyclic) bond motifs is 4. The Hall–Kier alpha value is -3.90. The molecule has 34 heavy (non-hydrogen) atoms. The van der Waals surface area contributed by atoms with E-state index in [0.717, 1.165) is 33.2 Å². The molecule has 2 aromatic heterocycles. The van der Waals surface area contributed by atoms with Gasteiger partial charge in [0.25, 0.3) is 0 Å². The molecule has 0 bridgehead atoms. The van der Waals surface area contributed by atoms with Gasteiger partial charge in [0.05, 0.1) is 17.2 Å². The van der Waals surface area contributed by atoms with E-state index in [0.29, 0.717) is 33.4 Å². The summed E-state index contributed by atoms with van der Waals surface area (Å²) in [6, 6.07) is 21.2. The van der Waals surface area contributed by atoms with Crippen molar-refractivity contribution < 1.29 is 14.5 Å². The molecule has 6 rings (SSSR count). The van der Waals surface area contributed by atoms with Crippen molar-refractivity contribution in [3.8, 4) is 28.5 Å². The van der Waals surface area contributed by atoms with Crippen LogP contribution in [-0.2, 0) is 19.8 Å². The first-order valence-corrected chi connectivity index (χ1v) is 11.4. The predicted molar refractivity (Wildman–Crippen MR) is 136 cm³/mol. The first kappa shape index (κ1) is 16.7. The first-order valence-electron chi connectivity index (χ1n) is 13.4. The van der Waals surface area contributed by atoms with E-state index in [4.69, 9.17) is 9.90 Å². The number of nitriles is 1.